The maximum atomic E-state index is 12.6. The average molecular weight is 367 g/mol. The molecule has 1 saturated heterocycles. The molecule has 1 unspecified atom stereocenters. The van der Waals surface area contributed by atoms with Gasteiger partial charge in [-0.1, -0.05) is 30.3 Å². The van der Waals surface area contributed by atoms with Crippen molar-refractivity contribution in [2.45, 2.75) is 6.04 Å². The van der Waals surface area contributed by atoms with Gasteiger partial charge in [0, 0.05) is 5.56 Å². The third-order valence-electron chi connectivity index (χ3n) is 4.32. The lowest BCUT2D eigenvalue weighted by Gasteiger charge is -2.23. The Morgan fingerprint density at radius 1 is 1.04 bits per heavy atom. The topological polar surface area (TPSA) is 104 Å². The summed E-state index contributed by atoms with van der Waals surface area (Å²) in [7, 11) is 1.50. The van der Waals surface area contributed by atoms with Gasteiger partial charge in [0.15, 0.2) is 0 Å². The van der Waals surface area contributed by atoms with E-state index in [9.17, 15) is 19.5 Å². The number of benzene rings is 2. The molecule has 7 nitrogen and oxygen atoms in total. The minimum Gasteiger partial charge on any atom is -0.507 e. The highest BCUT2D eigenvalue weighted by Gasteiger charge is 2.46. The first-order valence-corrected chi connectivity index (χ1v) is 8.13. The number of likely N-dealkylation sites (tertiary alicyclic amines) is 1. The fourth-order valence-electron chi connectivity index (χ4n) is 3.08. The first-order valence-electron chi connectivity index (χ1n) is 8.13. The lowest BCUT2D eigenvalue weighted by atomic mass is 9.95. The van der Waals surface area contributed by atoms with Crippen molar-refractivity contribution in [3.05, 3.63) is 71.3 Å². The Morgan fingerprint density at radius 3 is 2.22 bits per heavy atom. The lowest BCUT2D eigenvalue weighted by molar-refractivity contribution is -0.146. The van der Waals surface area contributed by atoms with Gasteiger partial charge in [-0.15, -0.1) is 0 Å². The van der Waals surface area contributed by atoms with Crippen LogP contribution < -0.4 is 4.74 Å². The number of carbonyl (C=O) groups excluding carboxylic acids is 2. The number of rotatable bonds is 5. The first kappa shape index (κ1) is 18.2. The van der Waals surface area contributed by atoms with Crippen molar-refractivity contribution in [1.29, 1.82) is 0 Å². The Kier molecular flexibility index (Phi) is 4.94. The van der Waals surface area contributed by atoms with Crippen LogP contribution in [0.4, 0.5) is 0 Å². The van der Waals surface area contributed by atoms with Crippen LogP contribution in [0.2, 0.25) is 0 Å². The van der Waals surface area contributed by atoms with Crippen molar-refractivity contribution in [3.8, 4) is 5.75 Å². The number of ketones is 1. The molecule has 138 valence electrons. The van der Waals surface area contributed by atoms with Gasteiger partial charge in [0.05, 0.1) is 18.7 Å². The van der Waals surface area contributed by atoms with Gasteiger partial charge in [0.2, 0.25) is 0 Å². The summed E-state index contributed by atoms with van der Waals surface area (Å²) < 4.78 is 5.07. The number of nitrogens with zero attached hydrogens (tertiary/aromatic N) is 1. The number of hydrogen-bond donors (Lipinski definition) is 2. The number of ether oxygens (including phenoxy) is 1. The van der Waals surface area contributed by atoms with Crippen molar-refractivity contribution >= 4 is 23.4 Å². The van der Waals surface area contributed by atoms with E-state index in [1.807, 2.05) is 0 Å². The lowest BCUT2D eigenvalue weighted by Crippen LogP contribution is -2.34. The third kappa shape index (κ3) is 3.39. The summed E-state index contributed by atoms with van der Waals surface area (Å²) in [4.78, 5) is 37.2. The molecule has 0 aromatic heterocycles. The van der Waals surface area contributed by atoms with E-state index in [1.54, 1.807) is 54.6 Å². The monoisotopic (exact) mass is 367 g/mol. The summed E-state index contributed by atoms with van der Waals surface area (Å²) >= 11 is 0. The molecule has 0 radical (unpaired) electrons. The quantitative estimate of drug-likeness (QED) is 0.477. The Labute approximate surface area is 155 Å². The molecule has 0 bridgehead atoms. The zero-order valence-corrected chi connectivity index (χ0v) is 14.5. The summed E-state index contributed by atoms with van der Waals surface area (Å²) in [6.07, 6.45) is 0. The van der Waals surface area contributed by atoms with Crippen molar-refractivity contribution < 1.29 is 29.3 Å². The number of hydrogen-bond acceptors (Lipinski definition) is 5. The summed E-state index contributed by atoms with van der Waals surface area (Å²) in [5.41, 5.74) is 0.718. The average Bonchev–Trinajstić information content (AvgIpc) is 2.92. The van der Waals surface area contributed by atoms with E-state index in [2.05, 4.69) is 0 Å². The predicted molar refractivity (Wildman–Crippen MR) is 96.1 cm³/mol. The van der Waals surface area contributed by atoms with Crippen molar-refractivity contribution in [3.63, 3.8) is 0 Å². The normalized spacial score (nSPS) is 18.6. The zero-order valence-electron chi connectivity index (χ0n) is 14.5. The molecule has 2 aromatic rings. The molecule has 27 heavy (non-hydrogen) atoms. The Balaban J connectivity index is 2.16. The van der Waals surface area contributed by atoms with E-state index in [0.717, 1.165) is 4.90 Å². The van der Waals surface area contributed by atoms with Gasteiger partial charge in [-0.05, 0) is 29.8 Å². The molecule has 0 saturated carbocycles. The summed E-state index contributed by atoms with van der Waals surface area (Å²) in [5, 5.41) is 19.9. The zero-order chi connectivity index (χ0) is 19.6. The molecule has 0 aliphatic carbocycles. The van der Waals surface area contributed by atoms with E-state index in [0.29, 0.717) is 16.9 Å². The molecule has 1 aliphatic heterocycles. The highest BCUT2D eigenvalue weighted by Crippen LogP contribution is 2.39. The highest BCUT2D eigenvalue weighted by molar-refractivity contribution is 6.46. The Bertz CT molecular complexity index is 917. The number of methoxy groups -OCH3 is 1. The second-order valence-corrected chi connectivity index (χ2v) is 5.96. The number of carbonyl (C=O) groups is 3. The molecule has 1 atom stereocenters. The van der Waals surface area contributed by atoms with Crippen molar-refractivity contribution in [2.24, 2.45) is 0 Å². The van der Waals surface area contributed by atoms with Gasteiger partial charge >= 0.3 is 5.97 Å². The van der Waals surface area contributed by atoms with E-state index in [-0.39, 0.29) is 11.3 Å². The van der Waals surface area contributed by atoms with E-state index < -0.39 is 30.2 Å². The minimum absolute atomic E-state index is 0.141. The van der Waals surface area contributed by atoms with Gasteiger partial charge in [0.1, 0.15) is 18.1 Å². The van der Waals surface area contributed by atoms with E-state index >= 15 is 0 Å². The van der Waals surface area contributed by atoms with Gasteiger partial charge in [0.25, 0.3) is 11.7 Å². The smallest absolute Gasteiger partial charge is 0.323 e. The summed E-state index contributed by atoms with van der Waals surface area (Å²) in [5.74, 6) is -2.92. The molecule has 1 amide bonds. The van der Waals surface area contributed by atoms with Crippen LogP contribution in [0.15, 0.2) is 60.2 Å². The summed E-state index contributed by atoms with van der Waals surface area (Å²) in [6, 6.07) is 13.9. The molecule has 2 aromatic carbocycles. The number of aliphatic hydroxyl groups excluding tert-OH is 1. The molecule has 1 aliphatic rings. The molecule has 7 heteroatoms. The third-order valence-corrected chi connectivity index (χ3v) is 4.32. The van der Waals surface area contributed by atoms with E-state index in [1.165, 1.54) is 7.11 Å². The van der Waals surface area contributed by atoms with Crippen molar-refractivity contribution in [1.82, 2.24) is 4.90 Å². The molecule has 1 heterocycles. The number of aliphatic carboxylic acids is 1. The van der Waals surface area contributed by atoms with Crippen LogP contribution in [-0.2, 0) is 14.4 Å². The van der Waals surface area contributed by atoms with Gasteiger partial charge in [-0.3, -0.25) is 14.4 Å². The molecule has 0 spiro atoms. The van der Waals surface area contributed by atoms with Crippen LogP contribution in [0.25, 0.3) is 5.76 Å². The number of aliphatic hydroxyl groups is 1. The molecule has 2 N–H and O–H groups in total. The van der Waals surface area contributed by atoms with E-state index in [4.69, 9.17) is 9.84 Å². The van der Waals surface area contributed by atoms with Crippen LogP contribution in [-0.4, -0.2) is 46.4 Å². The fraction of sp³-hybridized carbons (Fsp3) is 0.150. The van der Waals surface area contributed by atoms with Crippen LogP contribution in [0.1, 0.15) is 17.2 Å². The minimum atomic E-state index is -1.25. The number of Topliss-reactive ketones (excluding diaryl/α,β-unsaturated/α-hetero) is 1. The van der Waals surface area contributed by atoms with Crippen LogP contribution in [0.5, 0.6) is 5.75 Å². The van der Waals surface area contributed by atoms with Crippen LogP contribution in [0.3, 0.4) is 0 Å². The molecular weight excluding hydrogens is 350 g/mol. The fourth-order valence-corrected chi connectivity index (χ4v) is 3.08. The maximum Gasteiger partial charge on any atom is 0.323 e. The molecule has 3 rings (SSSR count). The number of amides is 1. The number of carboxylic acid groups (broad SMARTS) is 1. The van der Waals surface area contributed by atoms with Gasteiger partial charge in [-0.25, -0.2) is 0 Å². The largest absolute Gasteiger partial charge is 0.507 e. The summed E-state index contributed by atoms with van der Waals surface area (Å²) in [6.45, 7) is -0.649. The highest BCUT2D eigenvalue weighted by atomic mass is 16.5. The standard InChI is InChI=1S/C20H17NO6/c1-27-14-9-7-13(8-10-14)18(24)16-17(12-5-3-2-4-6-12)21(11-15(22)23)20(26)19(16)25/h2-10,17,24H,11H2,1H3,(H,22,23)/b18-16+. The van der Waals surface area contributed by atoms with Crippen LogP contribution >= 0.6 is 0 Å². The second kappa shape index (κ2) is 7.33. The number of carboxylic acids is 1. The SMILES string of the molecule is COc1ccc(/C(O)=C2\C(=O)C(=O)N(CC(=O)O)C2c2ccccc2)cc1. The molecule has 1 fully saturated rings. The molecular formula is C20H17NO6. The van der Waals surface area contributed by atoms with Gasteiger partial charge < -0.3 is 19.8 Å². The van der Waals surface area contributed by atoms with Crippen LogP contribution in [0, 0.1) is 0 Å². The Hall–Kier alpha value is -3.61. The maximum absolute atomic E-state index is 12.6. The Morgan fingerprint density at radius 2 is 1.67 bits per heavy atom. The van der Waals surface area contributed by atoms with Crippen molar-refractivity contribution in [2.75, 3.05) is 13.7 Å². The predicted octanol–water partition coefficient (Wildman–Crippen LogP) is 2.20. The van der Waals surface area contributed by atoms with Gasteiger partial charge in [-0.2, -0.15) is 0 Å². The second-order valence-electron chi connectivity index (χ2n) is 5.96. The first-order chi connectivity index (χ1) is 12.9.